The Hall–Kier alpha value is -2.63. The van der Waals surface area contributed by atoms with Gasteiger partial charge in [-0.25, -0.2) is 14.8 Å². The van der Waals surface area contributed by atoms with Crippen molar-refractivity contribution in [3.63, 3.8) is 0 Å². The highest BCUT2D eigenvalue weighted by Gasteiger charge is 2.47. The SMILES string of the molecule is CN(C)C(=O)N[C@H]1c2ccccc2[C@@H]2CN(c3ncccn3)C[C@@H]21. The van der Waals surface area contributed by atoms with E-state index in [1.165, 1.54) is 11.1 Å². The average Bonchev–Trinajstić information content (AvgIpc) is 3.15. The minimum atomic E-state index is -0.0511. The lowest BCUT2D eigenvalue weighted by Crippen LogP contribution is -2.39. The fourth-order valence-electron chi connectivity index (χ4n) is 3.92. The van der Waals surface area contributed by atoms with Crippen LogP contribution in [0.4, 0.5) is 10.7 Å². The van der Waals surface area contributed by atoms with Crippen LogP contribution in [-0.4, -0.2) is 48.1 Å². The molecule has 124 valence electrons. The van der Waals surface area contributed by atoms with Crippen LogP contribution in [0, 0.1) is 5.92 Å². The molecule has 0 unspecified atom stereocenters. The molecule has 6 heteroatoms. The monoisotopic (exact) mass is 323 g/mol. The van der Waals surface area contributed by atoms with Crippen molar-refractivity contribution in [3.05, 3.63) is 53.9 Å². The number of benzene rings is 1. The summed E-state index contributed by atoms with van der Waals surface area (Å²) in [5.74, 6) is 1.51. The number of carbonyl (C=O) groups excluding carboxylic acids is 1. The first-order valence-corrected chi connectivity index (χ1v) is 8.24. The molecule has 1 aliphatic heterocycles. The molecule has 1 saturated heterocycles. The first kappa shape index (κ1) is 14.9. The van der Waals surface area contributed by atoms with Crippen LogP contribution >= 0.6 is 0 Å². The third kappa shape index (κ3) is 2.38. The van der Waals surface area contributed by atoms with Crippen LogP contribution in [0.25, 0.3) is 0 Å². The van der Waals surface area contributed by atoms with Crippen molar-refractivity contribution in [2.45, 2.75) is 12.0 Å². The number of aromatic nitrogens is 2. The minimum Gasteiger partial charge on any atom is -0.340 e. The third-order valence-electron chi connectivity index (χ3n) is 5.04. The topological polar surface area (TPSA) is 61.4 Å². The van der Waals surface area contributed by atoms with Crippen molar-refractivity contribution in [1.29, 1.82) is 0 Å². The number of carbonyl (C=O) groups is 1. The molecule has 0 spiro atoms. The summed E-state index contributed by atoms with van der Waals surface area (Å²) in [7, 11) is 3.54. The predicted molar refractivity (Wildman–Crippen MR) is 91.9 cm³/mol. The van der Waals surface area contributed by atoms with E-state index in [2.05, 4.69) is 38.4 Å². The van der Waals surface area contributed by atoms with E-state index < -0.39 is 0 Å². The molecule has 0 bridgehead atoms. The highest BCUT2D eigenvalue weighted by atomic mass is 16.2. The molecule has 6 nitrogen and oxygen atoms in total. The molecule has 1 aromatic carbocycles. The van der Waals surface area contributed by atoms with Crippen molar-refractivity contribution in [3.8, 4) is 0 Å². The lowest BCUT2D eigenvalue weighted by atomic mass is 9.94. The van der Waals surface area contributed by atoms with E-state index in [0.717, 1.165) is 19.0 Å². The van der Waals surface area contributed by atoms with E-state index in [4.69, 9.17) is 0 Å². The highest BCUT2D eigenvalue weighted by Crippen LogP contribution is 2.49. The molecule has 1 aromatic heterocycles. The van der Waals surface area contributed by atoms with Gasteiger partial charge in [-0.15, -0.1) is 0 Å². The molecule has 0 saturated carbocycles. The Labute approximate surface area is 141 Å². The van der Waals surface area contributed by atoms with Crippen molar-refractivity contribution < 1.29 is 4.79 Å². The van der Waals surface area contributed by atoms with Gasteiger partial charge in [-0.3, -0.25) is 0 Å². The molecule has 3 atom stereocenters. The van der Waals surface area contributed by atoms with Gasteiger partial charge in [-0.1, -0.05) is 24.3 Å². The Kier molecular flexibility index (Phi) is 3.59. The van der Waals surface area contributed by atoms with Crippen LogP contribution in [0.1, 0.15) is 23.1 Å². The minimum absolute atomic E-state index is 0.0369. The second kappa shape index (κ2) is 5.78. The molecule has 1 aliphatic carbocycles. The molecular weight excluding hydrogens is 302 g/mol. The van der Waals surface area contributed by atoms with Crippen LogP contribution in [0.3, 0.4) is 0 Å². The molecule has 1 N–H and O–H groups in total. The van der Waals surface area contributed by atoms with E-state index >= 15 is 0 Å². The quantitative estimate of drug-likeness (QED) is 0.918. The van der Waals surface area contributed by atoms with Gasteiger partial charge in [-0.05, 0) is 17.2 Å². The largest absolute Gasteiger partial charge is 0.340 e. The van der Waals surface area contributed by atoms with Crippen molar-refractivity contribution in [1.82, 2.24) is 20.2 Å². The maximum Gasteiger partial charge on any atom is 0.317 e. The fraction of sp³-hybridized carbons (Fsp3) is 0.389. The van der Waals surface area contributed by atoms with E-state index in [0.29, 0.717) is 11.8 Å². The van der Waals surface area contributed by atoms with Gasteiger partial charge < -0.3 is 15.1 Å². The molecule has 2 amide bonds. The van der Waals surface area contributed by atoms with Crippen LogP contribution in [-0.2, 0) is 0 Å². The number of fused-ring (bicyclic) bond motifs is 3. The Morgan fingerprint density at radius 2 is 1.83 bits per heavy atom. The second-order valence-electron chi connectivity index (χ2n) is 6.67. The number of rotatable bonds is 2. The normalized spacial score (nSPS) is 24.4. The number of nitrogens with zero attached hydrogens (tertiary/aromatic N) is 4. The van der Waals surface area contributed by atoms with Gasteiger partial charge in [0.25, 0.3) is 0 Å². The molecular formula is C18H21N5O. The zero-order valence-corrected chi connectivity index (χ0v) is 13.9. The van der Waals surface area contributed by atoms with Crippen LogP contribution in [0.15, 0.2) is 42.7 Å². The Morgan fingerprint density at radius 3 is 2.54 bits per heavy atom. The summed E-state index contributed by atoms with van der Waals surface area (Å²) < 4.78 is 0. The number of hydrogen-bond acceptors (Lipinski definition) is 4. The first-order chi connectivity index (χ1) is 11.6. The van der Waals surface area contributed by atoms with Crippen molar-refractivity contribution in [2.24, 2.45) is 5.92 Å². The summed E-state index contributed by atoms with van der Waals surface area (Å²) in [6.45, 7) is 1.74. The van der Waals surface area contributed by atoms with Gasteiger partial charge in [-0.2, -0.15) is 0 Å². The highest BCUT2D eigenvalue weighted by molar-refractivity contribution is 5.74. The maximum absolute atomic E-state index is 12.2. The van der Waals surface area contributed by atoms with Crippen LogP contribution in [0.5, 0.6) is 0 Å². The summed E-state index contributed by atoms with van der Waals surface area (Å²) in [5, 5.41) is 3.20. The van der Waals surface area contributed by atoms with Gasteiger partial charge in [0.05, 0.1) is 6.04 Å². The van der Waals surface area contributed by atoms with Gasteiger partial charge in [0.2, 0.25) is 5.95 Å². The maximum atomic E-state index is 12.2. The summed E-state index contributed by atoms with van der Waals surface area (Å²) in [4.78, 5) is 24.8. The predicted octanol–water partition coefficient (Wildman–Crippen LogP) is 2.02. The Balaban J connectivity index is 1.64. The van der Waals surface area contributed by atoms with Gasteiger partial charge in [0, 0.05) is 51.4 Å². The molecule has 2 aliphatic rings. The standard InChI is InChI=1S/C18H21N5O/c1-22(2)18(24)21-16-13-7-4-3-6-12(13)14-10-23(11-15(14)16)17-19-8-5-9-20-17/h3-9,14-16H,10-11H2,1-2H3,(H,21,24)/t14-,15-,16-/m0/s1. The fourth-order valence-corrected chi connectivity index (χ4v) is 3.92. The third-order valence-corrected chi connectivity index (χ3v) is 5.04. The first-order valence-electron chi connectivity index (χ1n) is 8.24. The molecule has 2 heterocycles. The summed E-state index contributed by atoms with van der Waals surface area (Å²) in [6.07, 6.45) is 3.55. The summed E-state index contributed by atoms with van der Waals surface area (Å²) in [6, 6.07) is 10.3. The number of amides is 2. The lowest BCUT2D eigenvalue weighted by molar-refractivity contribution is 0.209. The van der Waals surface area contributed by atoms with Crippen LogP contribution in [0.2, 0.25) is 0 Å². The molecule has 4 rings (SSSR count). The molecule has 24 heavy (non-hydrogen) atoms. The number of urea groups is 1. The zero-order chi connectivity index (χ0) is 16.7. The molecule has 2 aromatic rings. The van der Waals surface area contributed by atoms with E-state index in [9.17, 15) is 4.79 Å². The van der Waals surface area contributed by atoms with E-state index in [-0.39, 0.29) is 12.1 Å². The van der Waals surface area contributed by atoms with Gasteiger partial charge in [0.1, 0.15) is 0 Å². The Bertz CT molecular complexity index is 748. The lowest BCUT2D eigenvalue weighted by Gasteiger charge is -2.24. The Morgan fingerprint density at radius 1 is 1.12 bits per heavy atom. The average molecular weight is 323 g/mol. The number of anilines is 1. The second-order valence-corrected chi connectivity index (χ2v) is 6.67. The van der Waals surface area contributed by atoms with Gasteiger partial charge >= 0.3 is 6.03 Å². The van der Waals surface area contributed by atoms with Crippen molar-refractivity contribution in [2.75, 3.05) is 32.1 Å². The number of nitrogens with one attached hydrogen (secondary N) is 1. The van der Waals surface area contributed by atoms with Crippen molar-refractivity contribution >= 4 is 12.0 Å². The summed E-state index contributed by atoms with van der Waals surface area (Å²) >= 11 is 0. The smallest absolute Gasteiger partial charge is 0.317 e. The van der Waals surface area contributed by atoms with Gasteiger partial charge in [0.15, 0.2) is 0 Å². The zero-order valence-electron chi connectivity index (χ0n) is 13.9. The number of hydrogen-bond donors (Lipinski definition) is 1. The summed E-state index contributed by atoms with van der Waals surface area (Å²) in [5.41, 5.74) is 2.58. The molecule has 1 fully saturated rings. The van der Waals surface area contributed by atoms with E-state index in [1.54, 1.807) is 31.4 Å². The van der Waals surface area contributed by atoms with E-state index in [1.807, 2.05) is 12.1 Å². The van der Waals surface area contributed by atoms with Crippen LogP contribution < -0.4 is 10.2 Å². The molecule has 0 radical (unpaired) electrons.